The molecule has 0 saturated carbocycles. The first-order chi connectivity index (χ1) is 6.02. The van der Waals surface area contributed by atoms with E-state index in [1.165, 1.54) is 0 Å². The molecular weight excluding hydrogens is 200 g/mol. The lowest BCUT2D eigenvalue weighted by atomic mass is 10.2. The van der Waals surface area contributed by atoms with Crippen molar-refractivity contribution in [3.05, 3.63) is 0 Å². The van der Waals surface area contributed by atoms with Crippen LogP contribution in [0.15, 0.2) is 0 Å². The average molecular weight is 220 g/mol. The van der Waals surface area contributed by atoms with Gasteiger partial charge in [-0.2, -0.15) is 0 Å². The highest BCUT2D eigenvalue weighted by Gasteiger charge is 2.30. The van der Waals surface area contributed by atoms with Crippen molar-refractivity contribution in [2.75, 3.05) is 5.75 Å². The third-order valence-electron chi connectivity index (χ3n) is 1.35. The molecule has 0 aromatic rings. The van der Waals surface area contributed by atoms with E-state index in [-0.39, 0.29) is 10.5 Å². The molecule has 0 aliphatic heterocycles. The molecule has 4 heteroatoms. The largest absolute Gasteiger partial charge is 0.616 e. The molecule has 0 aliphatic rings. The summed E-state index contributed by atoms with van der Waals surface area (Å²) in [5.74, 6) is -0.424. The number of carbonyl (C=O) groups excluding carboxylic acids is 1. The van der Waals surface area contributed by atoms with E-state index in [2.05, 4.69) is 0 Å². The maximum atomic E-state index is 11.6. The Balaban J connectivity index is 4.09. The maximum Gasteiger partial charge on any atom is 0.356 e. The number of esters is 1. The highest BCUT2D eigenvalue weighted by atomic mass is 32.2. The van der Waals surface area contributed by atoms with E-state index in [0.717, 1.165) is 0 Å². The molecule has 1 atom stereocenters. The molecule has 0 unspecified atom stereocenters. The van der Waals surface area contributed by atoms with Gasteiger partial charge in [-0.05, 0) is 52.7 Å². The zero-order valence-electron chi connectivity index (χ0n) is 9.84. The van der Waals surface area contributed by atoms with Gasteiger partial charge in [-0.1, -0.05) is 0 Å². The number of hydrogen-bond acceptors (Lipinski definition) is 3. The molecule has 0 heterocycles. The maximum absolute atomic E-state index is 11.6. The number of rotatable bonds is 2. The van der Waals surface area contributed by atoms with Crippen molar-refractivity contribution in [2.45, 2.75) is 51.9 Å². The quantitative estimate of drug-likeness (QED) is 0.527. The van der Waals surface area contributed by atoms with Gasteiger partial charge in [0.1, 0.15) is 10.3 Å². The van der Waals surface area contributed by atoms with E-state index in [1.54, 1.807) is 20.8 Å². The summed E-state index contributed by atoms with van der Waals surface area (Å²) in [7, 11) is 0. The minimum Gasteiger partial charge on any atom is -0.616 e. The van der Waals surface area contributed by atoms with Crippen molar-refractivity contribution in [2.24, 2.45) is 0 Å². The van der Waals surface area contributed by atoms with Crippen molar-refractivity contribution >= 4 is 17.1 Å². The number of ether oxygens (including phenoxy) is 1. The van der Waals surface area contributed by atoms with Crippen LogP contribution in [0.2, 0.25) is 0 Å². The molecule has 0 aromatic carbocycles. The summed E-state index contributed by atoms with van der Waals surface area (Å²) in [6, 6.07) is 0. The summed E-state index contributed by atoms with van der Waals surface area (Å²) >= 11 is -1.18. The summed E-state index contributed by atoms with van der Waals surface area (Å²) in [5.41, 5.74) is -0.501. The third-order valence-corrected chi connectivity index (χ3v) is 3.22. The summed E-state index contributed by atoms with van der Waals surface area (Å²) in [4.78, 5) is 11.3. The van der Waals surface area contributed by atoms with E-state index in [1.807, 2.05) is 20.8 Å². The van der Waals surface area contributed by atoms with Gasteiger partial charge in [0.2, 0.25) is 5.75 Å². The molecule has 0 rings (SSSR count). The van der Waals surface area contributed by atoms with E-state index < -0.39 is 22.7 Å². The summed E-state index contributed by atoms with van der Waals surface area (Å²) in [6.45, 7) is 10.9. The topological polar surface area (TPSA) is 49.4 Å². The summed E-state index contributed by atoms with van der Waals surface area (Å²) in [5, 5.41) is 0. The zero-order chi connectivity index (χ0) is 11.6. The van der Waals surface area contributed by atoms with Crippen LogP contribution in [0.3, 0.4) is 0 Å². The first kappa shape index (κ1) is 13.8. The molecule has 3 nitrogen and oxygen atoms in total. The molecule has 0 saturated heterocycles. The Kier molecular flexibility index (Phi) is 4.46. The Labute approximate surface area is 89.4 Å². The third kappa shape index (κ3) is 6.27. The molecule has 0 aromatic heterocycles. The molecule has 0 bridgehead atoms. The summed E-state index contributed by atoms with van der Waals surface area (Å²) < 4.78 is 16.3. The van der Waals surface area contributed by atoms with Crippen LogP contribution in [0.25, 0.3) is 0 Å². The lowest BCUT2D eigenvalue weighted by Gasteiger charge is -2.25. The van der Waals surface area contributed by atoms with Crippen LogP contribution in [0.4, 0.5) is 0 Å². The van der Waals surface area contributed by atoms with Gasteiger partial charge in [-0.15, -0.1) is 0 Å². The van der Waals surface area contributed by atoms with Crippen molar-refractivity contribution in [3.8, 4) is 0 Å². The number of hydrogen-bond donors (Lipinski definition) is 0. The Hall–Kier alpha value is -0.220. The van der Waals surface area contributed by atoms with E-state index in [0.29, 0.717) is 0 Å². The fourth-order valence-electron chi connectivity index (χ4n) is 0.695. The van der Waals surface area contributed by atoms with Crippen molar-refractivity contribution in [1.82, 2.24) is 0 Å². The van der Waals surface area contributed by atoms with Gasteiger partial charge in [0, 0.05) is 0 Å². The van der Waals surface area contributed by atoms with Gasteiger partial charge < -0.3 is 9.29 Å². The highest BCUT2D eigenvalue weighted by molar-refractivity contribution is 7.93. The lowest BCUT2D eigenvalue weighted by molar-refractivity contribution is -0.151. The molecular formula is C10H20O3S. The van der Waals surface area contributed by atoms with E-state index in [9.17, 15) is 9.35 Å². The van der Waals surface area contributed by atoms with E-state index in [4.69, 9.17) is 4.74 Å². The normalized spacial score (nSPS) is 15.1. The average Bonchev–Trinajstić information content (AvgIpc) is 1.79. The van der Waals surface area contributed by atoms with Crippen molar-refractivity contribution in [3.63, 3.8) is 0 Å². The van der Waals surface area contributed by atoms with Gasteiger partial charge in [0.15, 0.2) is 0 Å². The predicted octanol–water partition coefficient (Wildman–Crippen LogP) is 1.88. The Bertz CT molecular complexity index is 200. The fourth-order valence-corrected chi connectivity index (χ4v) is 1.40. The highest BCUT2D eigenvalue weighted by Crippen LogP contribution is 2.17. The van der Waals surface area contributed by atoms with Gasteiger partial charge in [-0.25, -0.2) is 4.79 Å². The molecule has 0 spiro atoms. The molecule has 0 N–H and O–H groups in total. The number of carbonyl (C=O) groups is 1. The molecule has 0 radical (unpaired) electrons. The Morgan fingerprint density at radius 3 is 1.93 bits per heavy atom. The van der Waals surface area contributed by atoms with Gasteiger partial charge in [0.05, 0.1) is 0 Å². The van der Waals surface area contributed by atoms with Gasteiger partial charge in [0.25, 0.3) is 0 Å². The standard InChI is InChI=1S/C10H20O3S/c1-9(2,3)13-8(11)7-14(12)10(4,5)6/h7H2,1-6H3/t14-/m0/s1. The van der Waals surface area contributed by atoms with Crippen LogP contribution in [-0.2, 0) is 20.7 Å². The van der Waals surface area contributed by atoms with Gasteiger partial charge in [-0.3, -0.25) is 0 Å². The molecule has 0 fully saturated rings. The Morgan fingerprint density at radius 1 is 1.21 bits per heavy atom. The SMILES string of the molecule is CC(C)(C)OC(=O)C[S@+]([O-])C(C)(C)C. The predicted molar refractivity (Wildman–Crippen MR) is 58.6 cm³/mol. The fraction of sp³-hybridized carbons (Fsp3) is 0.900. The van der Waals surface area contributed by atoms with Crippen LogP contribution >= 0.6 is 0 Å². The second-order valence-electron chi connectivity index (χ2n) is 5.19. The zero-order valence-corrected chi connectivity index (χ0v) is 10.7. The van der Waals surface area contributed by atoms with Crippen LogP contribution in [0, 0.1) is 0 Å². The van der Waals surface area contributed by atoms with Crippen molar-refractivity contribution in [1.29, 1.82) is 0 Å². The second-order valence-corrected chi connectivity index (χ2v) is 7.39. The Morgan fingerprint density at radius 2 is 1.64 bits per heavy atom. The summed E-state index contributed by atoms with van der Waals surface area (Å²) in [6.07, 6.45) is 0. The van der Waals surface area contributed by atoms with Crippen LogP contribution in [0.1, 0.15) is 41.5 Å². The minimum absolute atomic E-state index is 0.0270. The monoisotopic (exact) mass is 220 g/mol. The second kappa shape index (κ2) is 4.53. The van der Waals surface area contributed by atoms with Crippen LogP contribution in [0.5, 0.6) is 0 Å². The smallest absolute Gasteiger partial charge is 0.356 e. The first-order valence-electron chi connectivity index (χ1n) is 4.63. The lowest BCUT2D eigenvalue weighted by Crippen LogP contribution is -2.36. The molecule has 0 aliphatic carbocycles. The molecule has 14 heavy (non-hydrogen) atoms. The van der Waals surface area contributed by atoms with Gasteiger partial charge >= 0.3 is 5.97 Å². The molecule has 84 valence electrons. The van der Waals surface area contributed by atoms with Crippen LogP contribution < -0.4 is 0 Å². The first-order valence-corrected chi connectivity index (χ1v) is 5.94. The minimum atomic E-state index is -1.18. The van der Waals surface area contributed by atoms with E-state index >= 15 is 0 Å². The van der Waals surface area contributed by atoms with Crippen molar-refractivity contribution < 1.29 is 14.1 Å². The molecule has 0 amide bonds. The van der Waals surface area contributed by atoms with Crippen LogP contribution in [-0.4, -0.2) is 26.6 Å².